The van der Waals surface area contributed by atoms with E-state index in [0.717, 1.165) is 12.5 Å². The molecule has 0 aliphatic rings. The minimum atomic E-state index is -2.67. The van der Waals surface area contributed by atoms with Crippen LogP contribution in [0.4, 0.5) is 9.59 Å². The maximum absolute atomic E-state index is 9.96. The third kappa shape index (κ3) is 341. The van der Waals surface area contributed by atoms with Crippen molar-refractivity contribution in [2.24, 2.45) is 0 Å². The number of hydrogen-bond acceptors (Lipinski definition) is 13. The lowest BCUT2D eigenvalue weighted by Gasteiger charge is -1.91. The molecule has 47 heavy (non-hydrogen) atoms. The van der Waals surface area contributed by atoms with Crippen LogP contribution in [-0.2, 0) is 58.9 Å². The number of methoxy groups -OCH3 is 2. The molecule has 18 nitrogen and oxygen atoms in total. The van der Waals surface area contributed by atoms with Gasteiger partial charge in [0.2, 0.25) is 11.8 Å². The molecule has 0 aromatic rings. The van der Waals surface area contributed by atoms with E-state index in [0.29, 0.717) is 0 Å². The molecule has 0 aromatic carbocycles. The van der Waals surface area contributed by atoms with Gasteiger partial charge in [-0.25, -0.2) is 18.0 Å². The summed E-state index contributed by atoms with van der Waals surface area (Å²) in [6.07, 6.45) is 5.19. The normalized spacial score (nSPS) is 7.47. The number of alkyl carbamates (subject to hydrolysis) is 1. The summed E-state index contributed by atoms with van der Waals surface area (Å²) in [5, 5.41) is 11.8. The Labute approximate surface area is 285 Å². The lowest BCUT2D eigenvalue weighted by atomic mass is 10.3. The molecule has 0 saturated carbocycles. The van der Waals surface area contributed by atoms with Crippen molar-refractivity contribution in [2.45, 2.75) is 55.9 Å². The molecule has 0 spiro atoms. The molecule has 0 heterocycles. The van der Waals surface area contributed by atoms with E-state index >= 15 is 0 Å². The van der Waals surface area contributed by atoms with Gasteiger partial charge >= 0.3 is 18.1 Å². The van der Waals surface area contributed by atoms with E-state index in [9.17, 15) is 51.0 Å². The molecule has 5 N–H and O–H groups in total. The minimum absolute atomic E-state index is 0. The van der Waals surface area contributed by atoms with Crippen molar-refractivity contribution in [3.63, 3.8) is 0 Å². The van der Waals surface area contributed by atoms with Crippen molar-refractivity contribution in [3.05, 3.63) is 0 Å². The molecular weight excluding hydrogens is 666 g/mol. The molecule has 20 heteroatoms. The molecule has 5 amide bonds. The number of nitrogens with one attached hydrogen (secondary N) is 5. The average Bonchev–Trinajstić information content (AvgIpc) is 2.92. The third-order valence-corrected chi connectivity index (χ3v) is 2.33. The van der Waals surface area contributed by atoms with Crippen LogP contribution in [0.3, 0.4) is 0 Å². The zero-order chi connectivity index (χ0) is 39.6. The van der Waals surface area contributed by atoms with Crippen LogP contribution in [0.1, 0.15) is 55.9 Å². The van der Waals surface area contributed by atoms with Gasteiger partial charge in [0.15, 0.2) is 11.6 Å². The van der Waals surface area contributed by atoms with E-state index in [2.05, 4.69) is 36.1 Å². The highest BCUT2D eigenvalue weighted by Crippen LogP contribution is 1.66. The smallest absolute Gasteiger partial charge is 0.406 e. The number of rotatable bonds is 1. The van der Waals surface area contributed by atoms with Crippen LogP contribution in [-0.4, -0.2) is 134 Å². The summed E-state index contributed by atoms with van der Waals surface area (Å²) in [4.78, 5) is 77.8. The van der Waals surface area contributed by atoms with E-state index in [-0.39, 0.29) is 48.6 Å². The molecule has 0 bridgehead atoms. The van der Waals surface area contributed by atoms with E-state index in [1.165, 1.54) is 69.7 Å². The summed E-state index contributed by atoms with van der Waals surface area (Å²) in [5.74, 6) is -0.829. The Balaban J connectivity index is -0.0000000410. The highest BCUT2D eigenvalue weighted by Gasteiger charge is 1.94. The zero-order valence-electron chi connectivity index (χ0n) is 30.6. The Morgan fingerprint density at radius 3 is 0.723 bits per heavy atom. The Hall–Kier alpha value is -3.94. The molecule has 0 saturated heterocycles. The van der Waals surface area contributed by atoms with Crippen LogP contribution in [0.5, 0.6) is 0 Å². The summed E-state index contributed by atoms with van der Waals surface area (Å²) in [6.45, 7) is 9.87. The zero-order valence-corrected chi connectivity index (χ0v) is 32.3. The van der Waals surface area contributed by atoms with Gasteiger partial charge in [-0.3, -0.25) is 28.2 Å². The number of carbonyl (C=O) groups excluding carboxylic acids is 8. The van der Waals surface area contributed by atoms with Crippen molar-refractivity contribution in [1.82, 2.24) is 26.6 Å². The number of hydrogen-bond donors (Lipinski definition) is 5. The second kappa shape index (κ2) is 54.5. The Morgan fingerprint density at radius 2 is 0.723 bits per heavy atom. The van der Waals surface area contributed by atoms with Gasteiger partial charge in [0, 0.05) is 106 Å². The van der Waals surface area contributed by atoms with Crippen LogP contribution in [0.25, 0.3) is 0 Å². The number of esters is 1. The molecule has 0 unspecified atom stereocenters. The second-order valence-corrected chi connectivity index (χ2v) is 11.6. The SMILES string of the molecule is C.CC(=O)C(C)=O.CC(C)=O.CNC(=O)NC.CNC(=O)OC.CNC(C)=O.CNC(C)=O.COC(C)=O.CS(C)(=O)=O.CS(C)=O. The van der Waals surface area contributed by atoms with Gasteiger partial charge in [0.05, 0.1) is 14.2 Å². The average molecular weight is 730 g/mol. The third-order valence-electron chi connectivity index (χ3n) is 2.33. The molecule has 0 rings (SSSR count). The quantitative estimate of drug-likeness (QED) is 0.179. The largest absolute Gasteiger partial charge is 0.469 e. The fourth-order valence-electron chi connectivity index (χ4n) is 0.227. The second-order valence-electron chi connectivity index (χ2n) is 7.78. The maximum atomic E-state index is 9.96. The fraction of sp³-hybridized carbons (Fsp3) is 0.704. The summed E-state index contributed by atoms with van der Waals surface area (Å²) in [7, 11) is 7.23. The first-order valence-corrected chi connectivity index (χ1v) is 16.8. The van der Waals surface area contributed by atoms with Crippen LogP contribution >= 0.6 is 0 Å². The predicted octanol–water partition coefficient (Wildman–Crippen LogP) is 0.253. The van der Waals surface area contributed by atoms with E-state index < -0.39 is 26.7 Å². The van der Waals surface area contributed by atoms with Crippen LogP contribution in [0, 0.1) is 0 Å². The van der Waals surface area contributed by atoms with E-state index in [1.807, 2.05) is 0 Å². The van der Waals surface area contributed by atoms with Gasteiger partial charge in [-0.2, -0.15) is 0 Å². The molecule has 0 atom stereocenters. The van der Waals surface area contributed by atoms with Gasteiger partial charge in [0.1, 0.15) is 15.6 Å². The molecular formula is C27H63N5O13S2. The number of Topliss-reactive ketones (excluding diaryl/α,β-unsaturated/α-hetero) is 3. The van der Waals surface area contributed by atoms with Crippen molar-refractivity contribution in [3.8, 4) is 0 Å². The minimum Gasteiger partial charge on any atom is -0.469 e. The summed E-state index contributed by atoms with van der Waals surface area (Å²) in [6, 6.07) is -0.157. The monoisotopic (exact) mass is 729 g/mol. The van der Waals surface area contributed by atoms with Gasteiger partial charge in [-0.15, -0.1) is 0 Å². The van der Waals surface area contributed by atoms with Crippen LogP contribution in [0.2, 0.25) is 0 Å². The van der Waals surface area contributed by atoms with Gasteiger partial charge in [-0.1, -0.05) is 7.43 Å². The van der Waals surface area contributed by atoms with Crippen molar-refractivity contribution < 1.29 is 60.5 Å². The maximum Gasteiger partial charge on any atom is 0.406 e. The first kappa shape index (κ1) is 69.7. The first-order valence-electron chi connectivity index (χ1n) is 12.5. The molecule has 0 radical (unpaired) electrons. The standard InChI is InChI=1S/C4H6O2.C3H8N2O.C3H7NO2.2C3H7NO.C3H6O2.C3H6O.C2H6O2S.C2H6OS.CH4/c1-3(5)4(2)6;1-4-3(6)5-2;1-4-3(5)6-2;2*1-3(5)4-2;1-3(4)5-2;1-3(2)4;1-5(2,3)4;1-4(2)3;/h1-2H3;1-2H3,(H2,4,5,6);1-2H3,(H,4,5);2*1-2H3,(H,4,5);1-2H3;1-2H3;1-2H3;1-2H3;1H4. The number of amides is 5. The van der Waals surface area contributed by atoms with Crippen molar-refractivity contribution in [2.75, 3.05) is 74.5 Å². The highest BCUT2D eigenvalue weighted by molar-refractivity contribution is 7.89. The van der Waals surface area contributed by atoms with E-state index in [4.69, 9.17) is 0 Å². The number of urea groups is 1. The van der Waals surface area contributed by atoms with Gasteiger partial charge < -0.3 is 40.9 Å². The van der Waals surface area contributed by atoms with Crippen LogP contribution in [0.15, 0.2) is 0 Å². The summed E-state index contributed by atoms with van der Waals surface area (Å²) < 4.78 is 37.1. The number of carbonyl (C=O) groups is 8. The van der Waals surface area contributed by atoms with Gasteiger partial charge in [0.25, 0.3) is 0 Å². The molecule has 0 aliphatic carbocycles. The number of ketones is 3. The van der Waals surface area contributed by atoms with Crippen molar-refractivity contribution >= 4 is 67.9 Å². The fourth-order valence-corrected chi connectivity index (χ4v) is 0.227. The Morgan fingerprint density at radius 1 is 0.553 bits per heavy atom. The Bertz CT molecular complexity index is 857. The topological polar surface area (TPSA) is 266 Å². The highest BCUT2D eigenvalue weighted by atomic mass is 32.2. The van der Waals surface area contributed by atoms with Crippen LogP contribution < -0.4 is 26.6 Å². The summed E-state index contributed by atoms with van der Waals surface area (Å²) in [5.41, 5.74) is 0. The predicted molar refractivity (Wildman–Crippen MR) is 187 cm³/mol. The molecule has 0 aliphatic heterocycles. The number of ether oxygens (including phenoxy) is 2. The summed E-state index contributed by atoms with van der Waals surface area (Å²) >= 11 is 0. The lowest BCUT2D eigenvalue weighted by Crippen LogP contribution is -2.28. The van der Waals surface area contributed by atoms with Crippen molar-refractivity contribution in [1.29, 1.82) is 0 Å². The van der Waals surface area contributed by atoms with E-state index in [1.54, 1.807) is 40.7 Å². The first-order chi connectivity index (χ1) is 20.5. The number of sulfone groups is 1. The lowest BCUT2D eigenvalue weighted by molar-refractivity contribution is -0.138. The molecule has 0 aromatic heterocycles. The molecule has 0 fully saturated rings. The Kier molecular flexibility index (Phi) is 80.9. The molecule has 286 valence electrons. The van der Waals surface area contributed by atoms with Gasteiger partial charge in [-0.05, 0) is 13.8 Å².